The second kappa shape index (κ2) is 13.5. The van der Waals surface area contributed by atoms with E-state index in [-0.39, 0.29) is 28.8 Å². The zero-order valence-electron chi connectivity index (χ0n) is 23.2. The standard InChI is InChI=1S/C29H33F4N3O4S2/c1-19(37)17-36-13-10-20(11-14-36)35-25-6-3-5-22-23(16-29(31,32)33)27(41-28(22)25)7-4-12-34-24-9-8-21(42(2,38)39)15-26(24)40-18-30/h3,5-6,8-9,15,19-20,34-35,37H,10-14,16-18H2,1-2H3. The van der Waals surface area contributed by atoms with E-state index in [2.05, 4.69) is 27.4 Å². The Bertz CT molecular complexity index is 1550. The third-order valence-corrected chi connectivity index (χ3v) is 9.13. The minimum absolute atomic E-state index is 0.00327. The van der Waals surface area contributed by atoms with Gasteiger partial charge in [0.1, 0.15) is 5.75 Å². The fraction of sp³-hybridized carbons (Fsp3) is 0.448. The number of β-amino-alcohol motifs (C(OH)–C–C–N with tert-alkyl or cyclic N) is 1. The molecule has 1 aliphatic heterocycles. The number of fused-ring (bicyclic) bond motifs is 1. The van der Waals surface area contributed by atoms with E-state index < -0.39 is 35.4 Å². The molecule has 4 rings (SSSR count). The molecular formula is C29H33F4N3O4S2. The number of anilines is 2. The fourth-order valence-electron chi connectivity index (χ4n) is 4.94. The van der Waals surface area contributed by atoms with Gasteiger partial charge < -0.3 is 25.4 Å². The summed E-state index contributed by atoms with van der Waals surface area (Å²) in [5.74, 6) is 5.70. The number of aliphatic hydroxyl groups excluding tert-OH is 1. The van der Waals surface area contributed by atoms with Gasteiger partial charge >= 0.3 is 6.18 Å². The average molecular weight is 628 g/mol. The second-order valence-electron chi connectivity index (χ2n) is 10.3. The largest absolute Gasteiger partial charge is 0.461 e. The van der Waals surface area contributed by atoms with Crippen LogP contribution in [0.5, 0.6) is 5.75 Å². The number of nitrogens with one attached hydrogen (secondary N) is 2. The van der Waals surface area contributed by atoms with Crippen LogP contribution in [0.2, 0.25) is 0 Å². The molecular weight excluding hydrogens is 594 g/mol. The lowest BCUT2D eigenvalue weighted by atomic mass is 10.0. The molecule has 1 unspecified atom stereocenters. The van der Waals surface area contributed by atoms with Gasteiger partial charge in [-0.25, -0.2) is 12.8 Å². The molecule has 13 heteroatoms. The number of ether oxygens (including phenoxy) is 1. The Hall–Kier alpha value is -3.05. The van der Waals surface area contributed by atoms with Crippen LogP contribution in [0.1, 0.15) is 30.2 Å². The van der Waals surface area contributed by atoms with Crippen molar-refractivity contribution in [3.05, 3.63) is 46.8 Å². The number of aliphatic hydroxyl groups is 1. The predicted octanol–water partition coefficient (Wildman–Crippen LogP) is 5.44. The van der Waals surface area contributed by atoms with E-state index in [1.807, 2.05) is 6.07 Å². The summed E-state index contributed by atoms with van der Waals surface area (Å²) in [5.41, 5.74) is 1.18. The van der Waals surface area contributed by atoms with Crippen LogP contribution in [-0.4, -0.2) is 76.0 Å². The van der Waals surface area contributed by atoms with E-state index in [0.717, 1.165) is 37.9 Å². The number of hydrogen-bond donors (Lipinski definition) is 3. The summed E-state index contributed by atoms with van der Waals surface area (Å²) in [6, 6.07) is 9.40. The Labute approximate surface area is 246 Å². The molecule has 228 valence electrons. The summed E-state index contributed by atoms with van der Waals surface area (Å²) in [5, 5.41) is 16.6. The van der Waals surface area contributed by atoms with E-state index in [4.69, 9.17) is 4.74 Å². The van der Waals surface area contributed by atoms with Crippen molar-refractivity contribution in [2.75, 3.05) is 49.9 Å². The van der Waals surface area contributed by atoms with Crippen molar-refractivity contribution in [3.63, 3.8) is 0 Å². The average Bonchev–Trinajstić information content (AvgIpc) is 3.24. The summed E-state index contributed by atoms with van der Waals surface area (Å²) in [7, 11) is -3.54. The first kappa shape index (κ1) is 31.9. The molecule has 1 fully saturated rings. The highest BCUT2D eigenvalue weighted by Crippen LogP contribution is 2.39. The minimum Gasteiger partial charge on any atom is -0.461 e. The molecule has 0 bridgehead atoms. The maximum atomic E-state index is 13.6. The van der Waals surface area contributed by atoms with Gasteiger partial charge in [-0.2, -0.15) is 13.2 Å². The normalized spacial score (nSPS) is 15.7. The molecule has 3 N–H and O–H groups in total. The molecule has 1 saturated heterocycles. The second-order valence-corrected chi connectivity index (χ2v) is 13.3. The fourth-order valence-corrected chi connectivity index (χ4v) is 6.74. The van der Waals surface area contributed by atoms with E-state index in [1.54, 1.807) is 19.1 Å². The van der Waals surface area contributed by atoms with Crippen molar-refractivity contribution in [2.24, 2.45) is 0 Å². The maximum absolute atomic E-state index is 13.6. The lowest BCUT2D eigenvalue weighted by Gasteiger charge is -2.33. The number of piperidine rings is 1. The predicted molar refractivity (Wildman–Crippen MR) is 158 cm³/mol. The third-order valence-electron chi connectivity index (χ3n) is 6.83. The quantitative estimate of drug-likeness (QED) is 0.204. The molecule has 0 aliphatic carbocycles. The summed E-state index contributed by atoms with van der Waals surface area (Å²) in [4.78, 5) is 2.46. The van der Waals surface area contributed by atoms with Crippen molar-refractivity contribution in [1.29, 1.82) is 0 Å². The molecule has 1 aliphatic rings. The molecule has 42 heavy (non-hydrogen) atoms. The van der Waals surface area contributed by atoms with Crippen LogP contribution in [0.15, 0.2) is 41.3 Å². The highest BCUT2D eigenvalue weighted by Gasteiger charge is 2.31. The lowest BCUT2D eigenvalue weighted by Crippen LogP contribution is -2.41. The van der Waals surface area contributed by atoms with E-state index in [1.165, 1.54) is 29.5 Å². The van der Waals surface area contributed by atoms with Crippen LogP contribution in [0.4, 0.5) is 28.9 Å². The third kappa shape index (κ3) is 8.50. The summed E-state index contributed by atoms with van der Waals surface area (Å²) < 4.78 is 82.9. The van der Waals surface area contributed by atoms with Gasteiger partial charge in [0, 0.05) is 38.0 Å². The summed E-state index contributed by atoms with van der Waals surface area (Å²) >= 11 is 1.20. The zero-order chi connectivity index (χ0) is 30.5. The molecule has 1 atom stereocenters. The van der Waals surface area contributed by atoms with Crippen LogP contribution in [0.25, 0.3) is 10.1 Å². The van der Waals surface area contributed by atoms with Gasteiger partial charge in [-0.15, -0.1) is 11.3 Å². The Kier molecular flexibility index (Phi) is 10.2. The smallest absolute Gasteiger partial charge is 0.393 e. The van der Waals surface area contributed by atoms with Crippen LogP contribution in [-0.2, 0) is 16.3 Å². The highest BCUT2D eigenvalue weighted by molar-refractivity contribution is 7.90. The van der Waals surface area contributed by atoms with Gasteiger partial charge in [-0.3, -0.25) is 0 Å². The van der Waals surface area contributed by atoms with E-state index in [0.29, 0.717) is 27.2 Å². The van der Waals surface area contributed by atoms with Gasteiger partial charge in [0.05, 0.1) is 44.9 Å². The highest BCUT2D eigenvalue weighted by atomic mass is 32.2. The first-order chi connectivity index (χ1) is 19.8. The SMILES string of the molecule is CC(O)CN1CCC(Nc2cccc3c(CC(F)(F)F)c(C#CCNc4ccc(S(C)(=O)=O)cc4OCF)sc23)CC1. The van der Waals surface area contributed by atoms with Gasteiger partial charge in [0.2, 0.25) is 6.86 Å². The molecule has 0 saturated carbocycles. The van der Waals surface area contributed by atoms with Crippen molar-refractivity contribution in [3.8, 4) is 17.6 Å². The van der Waals surface area contributed by atoms with Crippen molar-refractivity contribution >= 4 is 42.6 Å². The zero-order valence-corrected chi connectivity index (χ0v) is 24.9. The molecule has 7 nitrogen and oxygen atoms in total. The molecule has 3 aromatic rings. The van der Waals surface area contributed by atoms with Gasteiger partial charge in [-0.1, -0.05) is 24.0 Å². The van der Waals surface area contributed by atoms with Crippen LogP contribution in [0, 0.1) is 11.8 Å². The van der Waals surface area contributed by atoms with Gasteiger partial charge in [0.15, 0.2) is 9.84 Å². The number of halogens is 4. The van der Waals surface area contributed by atoms with Crippen LogP contribution >= 0.6 is 11.3 Å². The maximum Gasteiger partial charge on any atom is 0.393 e. The van der Waals surface area contributed by atoms with Crippen molar-refractivity contribution in [1.82, 2.24) is 4.90 Å². The molecule has 1 aromatic heterocycles. The molecule has 2 heterocycles. The van der Waals surface area contributed by atoms with Crippen molar-refractivity contribution in [2.45, 2.75) is 49.4 Å². The molecule has 2 aromatic carbocycles. The van der Waals surface area contributed by atoms with Gasteiger partial charge in [0.25, 0.3) is 0 Å². The number of nitrogens with zero attached hydrogens (tertiary/aromatic N) is 1. The molecule has 0 amide bonds. The summed E-state index contributed by atoms with van der Waals surface area (Å²) in [6.07, 6.45) is -3.23. The lowest BCUT2D eigenvalue weighted by molar-refractivity contribution is -0.126. The number of hydrogen-bond acceptors (Lipinski definition) is 8. The van der Waals surface area contributed by atoms with Crippen LogP contribution < -0.4 is 15.4 Å². The van der Waals surface area contributed by atoms with Gasteiger partial charge in [-0.05, 0) is 48.9 Å². The Morgan fingerprint density at radius 1 is 1.19 bits per heavy atom. The Balaban J connectivity index is 1.55. The minimum atomic E-state index is -4.43. The van der Waals surface area contributed by atoms with E-state index >= 15 is 0 Å². The first-order valence-electron chi connectivity index (χ1n) is 13.4. The Morgan fingerprint density at radius 2 is 1.93 bits per heavy atom. The number of alkyl halides is 4. The van der Waals surface area contributed by atoms with Crippen LogP contribution in [0.3, 0.4) is 0 Å². The number of sulfone groups is 1. The topological polar surface area (TPSA) is 90.9 Å². The molecule has 0 radical (unpaired) electrons. The number of rotatable bonds is 10. The van der Waals surface area contributed by atoms with E-state index in [9.17, 15) is 31.1 Å². The summed E-state index contributed by atoms with van der Waals surface area (Å²) in [6.45, 7) is 2.83. The number of benzene rings is 2. The number of thiophene rings is 1. The molecule has 0 spiro atoms. The monoisotopic (exact) mass is 627 g/mol. The van der Waals surface area contributed by atoms with Crippen molar-refractivity contribution < 1.29 is 35.8 Å². The number of likely N-dealkylation sites (tertiary alicyclic amines) is 1. The Morgan fingerprint density at radius 3 is 2.57 bits per heavy atom. The first-order valence-corrected chi connectivity index (χ1v) is 16.1.